The van der Waals surface area contributed by atoms with Crippen LogP contribution in [0.5, 0.6) is 0 Å². The van der Waals surface area contributed by atoms with Crippen LogP contribution in [0.4, 0.5) is 0 Å². The smallest absolute Gasteiger partial charge is 0.207 e. The van der Waals surface area contributed by atoms with E-state index in [1.54, 1.807) is 0 Å². The number of benzene rings is 1. The molecule has 14 heavy (non-hydrogen) atoms. The van der Waals surface area contributed by atoms with Crippen LogP contribution in [0.15, 0.2) is 24.3 Å². The zero-order chi connectivity index (χ0) is 10.4. The molecule has 4 heteroatoms. The van der Waals surface area contributed by atoms with Crippen molar-refractivity contribution in [2.24, 2.45) is 0 Å². The number of rotatable bonds is 4. The van der Waals surface area contributed by atoms with Crippen molar-refractivity contribution in [1.29, 1.82) is 5.26 Å². The molecule has 1 rings (SSSR count). The highest BCUT2D eigenvalue weighted by Gasteiger charge is 1.99. The van der Waals surface area contributed by atoms with Crippen LogP contribution in [0.2, 0.25) is 0 Å². The predicted molar refractivity (Wildman–Crippen MR) is 51.3 cm³/mol. The van der Waals surface area contributed by atoms with Gasteiger partial charge >= 0.3 is 0 Å². The SMILES string of the molecule is N#CCc1ccc(CC[N+](=O)[O-])cc1. The number of hydrogen-bond donors (Lipinski definition) is 0. The minimum atomic E-state index is -0.330. The fraction of sp³-hybridized carbons (Fsp3) is 0.300. The fourth-order valence-electron chi connectivity index (χ4n) is 1.14. The van der Waals surface area contributed by atoms with E-state index < -0.39 is 0 Å². The Labute approximate surface area is 81.9 Å². The van der Waals surface area contributed by atoms with Crippen molar-refractivity contribution < 1.29 is 4.92 Å². The summed E-state index contributed by atoms with van der Waals surface area (Å²) in [5, 5.41) is 18.5. The molecule has 0 saturated carbocycles. The molecule has 0 spiro atoms. The summed E-state index contributed by atoms with van der Waals surface area (Å²) in [6, 6.07) is 9.37. The topological polar surface area (TPSA) is 66.9 Å². The van der Waals surface area contributed by atoms with Crippen LogP contribution in [-0.4, -0.2) is 11.5 Å². The first kappa shape index (κ1) is 10.2. The highest BCUT2D eigenvalue weighted by molar-refractivity contribution is 5.24. The van der Waals surface area contributed by atoms with E-state index in [1.165, 1.54) is 0 Å². The second-order valence-corrected chi connectivity index (χ2v) is 2.96. The number of nitrogens with zero attached hydrogens (tertiary/aromatic N) is 2. The molecule has 0 fully saturated rings. The Balaban J connectivity index is 2.56. The maximum atomic E-state index is 10.1. The third kappa shape index (κ3) is 3.23. The maximum absolute atomic E-state index is 10.1. The molecule has 1 aromatic rings. The van der Waals surface area contributed by atoms with Gasteiger partial charge < -0.3 is 0 Å². The highest BCUT2D eigenvalue weighted by Crippen LogP contribution is 2.05. The van der Waals surface area contributed by atoms with Gasteiger partial charge in [0.2, 0.25) is 6.54 Å². The van der Waals surface area contributed by atoms with Crippen LogP contribution in [0.25, 0.3) is 0 Å². The summed E-state index contributed by atoms with van der Waals surface area (Å²) < 4.78 is 0. The molecule has 0 aliphatic heterocycles. The second-order valence-electron chi connectivity index (χ2n) is 2.96. The Morgan fingerprint density at radius 2 is 1.86 bits per heavy atom. The summed E-state index contributed by atoms with van der Waals surface area (Å²) in [6.07, 6.45) is 0.829. The van der Waals surface area contributed by atoms with Gasteiger partial charge in [0.05, 0.1) is 12.5 Å². The summed E-state index contributed by atoms with van der Waals surface area (Å²) in [5.74, 6) is 0. The van der Waals surface area contributed by atoms with E-state index in [4.69, 9.17) is 5.26 Å². The van der Waals surface area contributed by atoms with Crippen LogP contribution in [0.3, 0.4) is 0 Å². The van der Waals surface area contributed by atoms with E-state index in [1.807, 2.05) is 30.3 Å². The first-order valence-corrected chi connectivity index (χ1v) is 4.29. The van der Waals surface area contributed by atoms with Crippen LogP contribution in [-0.2, 0) is 12.8 Å². The third-order valence-corrected chi connectivity index (χ3v) is 1.89. The van der Waals surface area contributed by atoms with Gasteiger partial charge in [-0.3, -0.25) is 10.1 Å². The Hall–Kier alpha value is -1.89. The van der Waals surface area contributed by atoms with Gasteiger partial charge in [-0.1, -0.05) is 24.3 Å². The molecule has 4 nitrogen and oxygen atoms in total. The molecule has 0 atom stereocenters. The molecule has 0 amide bonds. The van der Waals surface area contributed by atoms with Crippen LogP contribution in [0, 0.1) is 21.4 Å². The Morgan fingerprint density at radius 1 is 1.29 bits per heavy atom. The molecule has 0 aliphatic rings. The Kier molecular flexibility index (Phi) is 3.62. The molecule has 1 aromatic carbocycles. The average Bonchev–Trinajstić information content (AvgIpc) is 2.17. The number of nitriles is 1. The summed E-state index contributed by atoms with van der Waals surface area (Å²) in [7, 11) is 0. The minimum absolute atomic E-state index is 0.0441. The van der Waals surface area contributed by atoms with Gasteiger partial charge in [0, 0.05) is 11.3 Å². The first-order valence-electron chi connectivity index (χ1n) is 4.29. The number of nitro groups is 1. The van der Waals surface area contributed by atoms with Crippen LogP contribution < -0.4 is 0 Å². The lowest BCUT2D eigenvalue weighted by molar-refractivity contribution is -0.479. The maximum Gasteiger partial charge on any atom is 0.207 e. The van der Waals surface area contributed by atoms with Crippen LogP contribution in [0.1, 0.15) is 11.1 Å². The summed E-state index contributed by atoms with van der Waals surface area (Å²) >= 11 is 0. The quantitative estimate of drug-likeness (QED) is 0.534. The average molecular weight is 190 g/mol. The van der Waals surface area contributed by atoms with Gasteiger partial charge in [0.25, 0.3) is 0 Å². The van der Waals surface area contributed by atoms with E-state index in [9.17, 15) is 10.1 Å². The lowest BCUT2D eigenvalue weighted by atomic mass is 10.1. The monoisotopic (exact) mass is 190 g/mol. The standard InChI is InChI=1S/C10H10N2O2/c11-7-5-9-1-3-10(4-2-9)6-8-12(13)14/h1-4H,5-6,8H2. The molecular formula is C10H10N2O2. The van der Waals surface area contributed by atoms with Crippen molar-refractivity contribution in [3.05, 3.63) is 45.5 Å². The van der Waals surface area contributed by atoms with Gasteiger partial charge in [-0.05, 0) is 11.1 Å². The van der Waals surface area contributed by atoms with Gasteiger partial charge in [-0.25, -0.2) is 0 Å². The third-order valence-electron chi connectivity index (χ3n) is 1.89. The lowest BCUT2D eigenvalue weighted by Crippen LogP contribution is -2.03. The summed E-state index contributed by atoms with van der Waals surface area (Å²) in [4.78, 5) is 9.77. The van der Waals surface area contributed by atoms with Gasteiger partial charge in [-0.15, -0.1) is 0 Å². The van der Waals surface area contributed by atoms with Crippen molar-refractivity contribution in [2.75, 3.05) is 6.54 Å². The first-order chi connectivity index (χ1) is 6.72. The molecule has 0 aliphatic carbocycles. The summed E-state index contributed by atoms with van der Waals surface area (Å²) in [5.41, 5.74) is 1.88. The van der Waals surface area contributed by atoms with E-state index in [-0.39, 0.29) is 11.5 Å². The van der Waals surface area contributed by atoms with E-state index >= 15 is 0 Å². The van der Waals surface area contributed by atoms with Gasteiger partial charge in [0.1, 0.15) is 0 Å². The molecule has 0 heterocycles. The summed E-state index contributed by atoms with van der Waals surface area (Å²) in [6.45, 7) is -0.0441. The number of hydrogen-bond acceptors (Lipinski definition) is 3. The largest absolute Gasteiger partial charge is 0.265 e. The fourth-order valence-corrected chi connectivity index (χ4v) is 1.14. The second kappa shape index (κ2) is 4.97. The van der Waals surface area contributed by atoms with Crippen LogP contribution >= 0.6 is 0 Å². The molecule has 0 saturated heterocycles. The zero-order valence-corrected chi connectivity index (χ0v) is 7.64. The van der Waals surface area contributed by atoms with E-state index in [0.717, 1.165) is 11.1 Å². The molecule has 0 N–H and O–H groups in total. The molecule has 72 valence electrons. The molecular weight excluding hydrogens is 180 g/mol. The molecule has 0 aromatic heterocycles. The lowest BCUT2D eigenvalue weighted by Gasteiger charge is -1.98. The Morgan fingerprint density at radius 3 is 2.36 bits per heavy atom. The van der Waals surface area contributed by atoms with Crippen molar-refractivity contribution in [3.8, 4) is 6.07 Å². The van der Waals surface area contributed by atoms with E-state index in [2.05, 4.69) is 0 Å². The predicted octanol–water partition coefficient (Wildman–Crippen LogP) is 1.57. The van der Waals surface area contributed by atoms with Crippen molar-refractivity contribution in [3.63, 3.8) is 0 Å². The molecule has 0 bridgehead atoms. The molecule has 0 radical (unpaired) electrons. The van der Waals surface area contributed by atoms with Crippen molar-refractivity contribution in [2.45, 2.75) is 12.8 Å². The molecule has 0 unspecified atom stereocenters. The normalized spacial score (nSPS) is 9.36. The van der Waals surface area contributed by atoms with Gasteiger partial charge in [0.15, 0.2) is 0 Å². The van der Waals surface area contributed by atoms with Crippen molar-refractivity contribution >= 4 is 0 Å². The minimum Gasteiger partial charge on any atom is -0.265 e. The zero-order valence-electron chi connectivity index (χ0n) is 7.64. The highest BCUT2D eigenvalue weighted by atomic mass is 16.6. The van der Waals surface area contributed by atoms with Crippen molar-refractivity contribution in [1.82, 2.24) is 0 Å². The Bertz CT molecular complexity index is 351. The van der Waals surface area contributed by atoms with Gasteiger partial charge in [-0.2, -0.15) is 5.26 Å². The van der Waals surface area contributed by atoms with E-state index in [0.29, 0.717) is 12.8 Å².